The fraction of sp³-hybridized carbons (Fsp3) is 0.833. The van der Waals surface area contributed by atoms with Gasteiger partial charge in [0.1, 0.15) is 11.9 Å². The van der Waals surface area contributed by atoms with Crippen LogP contribution in [-0.4, -0.2) is 47.5 Å². The third-order valence-corrected chi connectivity index (χ3v) is 3.30. The second-order valence-corrected chi connectivity index (χ2v) is 4.77. The van der Waals surface area contributed by atoms with Gasteiger partial charge < -0.3 is 5.11 Å². The zero-order chi connectivity index (χ0) is 12.8. The molecule has 4 nitrogen and oxygen atoms in total. The van der Waals surface area contributed by atoms with Crippen molar-refractivity contribution in [3.8, 4) is 0 Å². The Kier molecular flexibility index (Phi) is 5.55. The largest absolute Gasteiger partial charge is 0.477 e. The standard InChI is InChI=1S/C12H21FN2O2/c1-2-9(6-15-7-10(13)8-15)4-3-5-11(14)12(16)17/h9-10,14H,2-8H2,1H3,(H,16,17). The van der Waals surface area contributed by atoms with E-state index in [9.17, 15) is 9.18 Å². The molecule has 17 heavy (non-hydrogen) atoms. The van der Waals surface area contributed by atoms with Crippen molar-refractivity contribution in [1.82, 2.24) is 4.90 Å². The lowest BCUT2D eigenvalue weighted by Gasteiger charge is -2.36. The van der Waals surface area contributed by atoms with Gasteiger partial charge in [0, 0.05) is 19.6 Å². The first-order valence-electron chi connectivity index (χ1n) is 6.20. The van der Waals surface area contributed by atoms with Crippen LogP contribution in [0.1, 0.15) is 32.6 Å². The molecule has 0 aromatic carbocycles. The Morgan fingerprint density at radius 1 is 1.59 bits per heavy atom. The number of nitrogens with zero attached hydrogens (tertiary/aromatic N) is 1. The molecule has 1 atom stereocenters. The number of carboxylic acid groups (broad SMARTS) is 1. The van der Waals surface area contributed by atoms with Gasteiger partial charge in [-0.2, -0.15) is 0 Å². The summed E-state index contributed by atoms with van der Waals surface area (Å²) in [7, 11) is 0. The first-order valence-corrected chi connectivity index (χ1v) is 6.20. The van der Waals surface area contributed by atoms with Crippen LogP contribution in [0.4, 0.5) is 4.39 Å². The summed E-state index contributed by atoms with van der Waals surface area (Å²) in [6, 6.07) is 0. The number of carbonyl (C=O) groups is 1. The second-order valence-electron chi connectivity index (χ2n) is 4.77. The van der Waals surface area contributed by atoms with Gasteiger partial charge in [-0.1, -0.05) is 13.3 Å². The monoisotopic (exact) mass is 244 g/mol. The van der Waals surface area contributed by atoms with E-state index < -0.39 is 12.1 Å². The van der Waals surface area contributed by atoms with Crippen LogP contribution in [0.2, 0.25) is 0 Å². The number of aliphatic carboxylic acids is 1. The number of alkyl halides is 1. The topological polar surface area (TPSA) is 64.4 Å². The maximum Gasteiger partial charge on any atom is 0.349 e. The number of hydrogen-bond donors (Lipinski definition) is 2. The Morgan fingerprint density at radius 3 is 2.71 bits per heavy atom. The van der Waals surface area contributed by atoms with Crippen LogP contribution in [0, 0.1) is 11.3 Å². The van der Waals surface area contributed by atoms with Crippen molar-refractivity contribution in [2.75, 3.05) is 19.6 Å². The molecule has 1 aliphatic heterocycles. The molecule has 1 rings (SSSR count). The van der Waals surface area contributed by atoms with Gasteiger partial charge in [-0.3, -0.25) is 10.3 Å². The van der Waals surface area contributed by atoms with Crippen LogP contribution in [0.3, 0.4) is 0 Å². The van der Waals surface area contributed by atoms with Crippen molar-refractivity contribution >= 4 is 11.7 Å². The van der Waals surface area contributed by atoms with Crippen LogP contribution < -0.4 is 0 Å². The highest BCUT2D eigenvalue weighted by Crippen LogP contribution is 2.19. The maximum atomic E-state index is 12.6. The quantitative estimate of drug-likeness (QED) is 0.641. The molecular formula is C12H21FN2O2. The highest BCUT2D eigenvalue weighted by molar-refractivity contribution is 6.34. The number of likely N-dealkylation sites (tertiary alicyclic amines) is 1. The van der Waals surface area contributed by atoms with Crippen molar-refractivity contribution in [2.24, 2.45) is 5.92 Å². The minimum absolute atomic E-state index is 0.215. The number of carboxylic acids is 1. The summed E-state index contributed by atoms with van der Waals surface area (Å²) in [6.45, 7) is 4.08. The molecule has 0 radical (unpaired) electrons. The summed E-state index contributed by atoms with van der Waals surface area (Å²) in [6.07, 6.45) is 2.34. The fourth-order valence-electron chi connectivity index (χ4n) is 2.12. The first kappa shape index (κ1) is 14.1. The van der Waals surface area contributed by atoms with E-state index in [0.717, 1.165) is 25.8 Å². The third-order valence-electron chi connectivity index (χ3n) is 3.30. The minimum Gasteiger partial charge on any atom is -0.477 e. The zero-order valence-electron chi connectivity index (χ0n) is 10.3. The number of hydrogen-bond acceptors (Lipinski definition) is 3. The lowest BCUT2D eigenvalue weighted by Crippen LogP contribution is -2.50. The van der Waals surface area contributed by atoms with Gasteiger partial charge in [0.25, 0.3) is 0 Å². The Balaban J connectivity index is 2.14. The normalized spacial score (nSPS) is 18.7. The van der Waals surface area contributed by atoms with Gasteiger partial charge in [-0.15, -0.1) is 0 Å². The molecule has 1 saturated heterocycles. The Hall–Kier alpha value is -0.970. The van der Waals surface area contributed by atoms with Gasteiger partial charge in [0.15, 0.2) is 0 Å². The van der Waals surface area contributed by atoms with E-state index in [1.165, 1.54) is 0 Å². The van der Waals surface area contributed by atoms with Crippen LogP contribution in [-0.2, 0) is 4.79 Å². The molecule has 0 saturated carbocycles. The predicted molar refractivity (Wildman–Crippen MR) is 64.3 cm³/mol. The van der Waals surface area contributed by atoms with E-state index in [-0.39, 0.29) is 5.71 Å². The van der Waals surface area contributed by atoms with E-state index in [1.54, 1.807) is 0 Å². The molecule has 5 heteroatoms. The van der Waals surface area contributed by atoms with Crippen LogP contribution in [0.25, 0.3) is 0 Å². The molecular weight excluding hydrogens is 223 g/mol. The lowest BCUT2D eigenvalue weighted by atomic mass is 9.96. The summed E-state index contributed by atoms with van der Waals surface area (Å²) in [4.78, 5) is 12.5. The van der Waals surface area contributed by atoms with Crippen LogP contribution >= 0.6 is 0 Å². The average molecular weight is 244 g/mol. The number of nitrogens with one attached hydrogen (secondary N) is 1. The molecule has 1 aliphatic rings. The van der Waals surface area contributed by atoms with Crippen molar-refractivity contribution in [3.05, 3.63) is 0 Å². The third kappa shape index (κ3) is 4.81. The summed E-state index contributed by atoms with van der Waals surface area (Å²) in [5.74, 6) is -0.634. The fourth-order valence-corrected chi connectivity index (χ4v) is 2.12. The van der Waals surface area contributed by atoms with E-state index in [2.05, 4.69) is 11.8 Å². The molecule has 2 N–H and O–H groups in total. The molecule has 0 aliphatic carbocycles. The molecule has 1 unspecified atom stereocenters. The highest BCUT2D eigenvalue weighted by Gasteiger charge is 2.27. The first-order chi connectivity index (χ1) is 8.02. The van der Waals surface area contributed by atoms with E-state index in [4.69, 9.17) is 10.5 Å². The van der Waals surface area contributed by atoms with Crippen molar-refractivity contribution < 1.29 is 14.3 Å². The van der Waals surface area contributed by atoms with Gasteiger partial charge >= 0.3 is 5.97 Å². The van der Waals surface area contributed by atoms with Gasteiger partial charge in [0.05, 0.1) is 0 Å². The Labute approximate surface area is 101 Å². The molecule has 0 spiro atoms. The van der Waals surface area contributed by atoms with Crippen molar-refractivity contribution in [1.29, 1.82) is 5.41 Å². The average Bonchev–Trinajstić information content (AvgIpc) is 2.24. The SMILES string of the molecule is CCC(CCCC(=N)C(=O)O)CN1CC(F)C1. The zero-order valence-corrected chi connectivity index (χ0v) is 10.3. The molecule has 1 heterocycles. The molecule has 98 valence electrons. The molecule has 0 amide bonds. The smallest absolute Gasteiger partial charge is 0.349 e. The van der Waals surface area contributed by atoms with Gasteiger partial charge in [-0.05, 0) is 25.2 Å². The van der Waals surface area contributed by atoms with E-state index >= 15 is 0 Å². The maximum absolute atomic E-state index is 12.6. The molecule has 0 aromatic heterocycles. The van der Waals surface area contributed by atoms with Crippen LogP contribution in [0.15, 0.2) is 0 Å². The van der Waals surface area contributed by atoms with Crippen LogP contribution in [0.5, 0.6) is 0 Å². The Bertz CT molecular complexity index is 278. The van der Waals surface area contributed by atoms with E-state index in [0.29, 0.717) is 25.4 Å². The number of halogens is 1. The second kappa shape index (κ2) is 6.69. The van der Waals surface area contributed by atoms with E-state index in [1.807, 2.05) is 0 Å². The summed E-state index contributed by atoms with van der Waals surface area (Å²) in [5, 5.41) is 15.8. The molecule has 0 bridgehead atoms. The van der Waals surface area contributed by atoms with Crippen molar-refractivity contribution in [2.45, 2.75) is 38.8 Å². The van der Waals surface area contributed by atoms with Gasteiger partial charge in [-0.25, -0.2) is 9.18 Å². The summed E-state index contributed by atoms with van der Waals surface area (Å²) >= 11 is 0. The summed E-state index contributed by atoms with van der Waals surface area (Å²) in [5.41, 5.74) is -0.215. The number of rotatable bonds is 8. The molecule has 0 aromatic rings. The van der Waals surface area contributed by atoms with Gasteiger partial charge in [0.2, 0.25) is 0 Å². The van der Waals surface area contributed by atoms with Crippen molar-refractivity contribution in [3.63, 3.8) is 0 Å². The Morgan fingerprint density at radius 2 is 2.24 bits per heavy atom. The highest BCUT2D eigenvalue weighted by atomic mass is 19.1. The summed E-state index contributed by atoms with van der Waals surface area (Å²) < 4.78 is 12.6. The molecule has 1 fully saturated rings. The minimum atomic E-state index is -1.12. The lowest BCUT2D eigenvalue weighted by molar-refractivity contribution is -0.129. The predicted octanol–water partition coefficient (Wildman–Crippen LogP) is 1.94.